The molecule has 0 bridgehead atoms. The van der Waals surface area contributed by atoms with Gasteiger partial charge in [-0.05, 0) is 90.0 Å². The lowest BCUT2D eigenvalue weighted by atomic mass is 10.1. The molecule has 2 amide bonds. The van der Waals surface area contributed by atoms with Crippen LogP contribution in [0.25, 0.3) is 24.3 Å². The Kier molecular flexibility index (Phi) is 12.9. The quantitative estimate of drug-likeness (QED) is 0.103. The maximum absolute atomic E-state index is 12.4. The van der Waals surface area contributed by atoms with E-state index < -0.39 is 0 Å². The highest BCUT2D eigenvalue weighted by molar-refractivity contribution is 6.35. The minimum atomic E-state index is -0.383. The van der Waals surface area contributed by atoms with E-state index in [4.69, 9.17) is 65.4 Å². The zero-order valence-electron chi connectivity index (χ0n) is 27.1. The Labute approximate surface area is 313 Å². The van der Waals surface area contributed by atoms with Crippen LogP contribution in [0.2, 0.25) is 20.1 Å². The summed E-state index contributed by atoms with van der Waals surface area (Å²) >= 11 is 24.0. The highest BCUT2D eigenvalue weighted by Gasteiger charge is 2.11. The number of aromatic nitrogens is 2. The first-order valence-corrected chi connectivity index (χ1v) is 16.6. The Morgan fingerprint density at radius 1 is 0.608 bits per heavy atom. The average Bonchev–Trinajstić information content (AvgIpc) is 3.55. The number of nitrogens with one attached hydrogen (secondary N) is 3. The fourth-order valence-electron chi connectivity index (χ4n) is 4.64. The number of carbonyl (C=O) groups is 2. The van der Waals surface area contributed by atoms with Crippen molar-refractivity contribution in [3.8, 4) is 23.0 Å². The topological polar surface area (TPSA) is 124 Å². The highest BCUT2D eigenvalue weighted by atomic mass is 35.5. The van der Waals surface area contributed by atoms with Gasteiger partial charge in [0.2, 0.25) is 0 Å². The Morgan fingerprint density at radius 2 is 1.06 bits per heavy atom. The smallest absolute Gasteiger partial charge is 0.262 e. The van der Waals surface area contributed by atoms with Gasteiger partial charge in [-0.15, -0.1) is 0 Å². The average molecular weight is 768 g/mol. The predicted molar refractivity (Wildman–Crippen MR) is 204 cm³/mol. The lowest BCUT2D eigenvalue weighted by molar-refractivity contribution is -0.118. The van der Waals surface area contributed by atoms with Crippen LogP contribution in [0.4, 0.5) is 11.4 Å². The van der Waals surface area contributed by atoms with E-state index in [0.717, 1.165) is 16.8 Å². The number of ether oxygens (including phenoxy) is 4. The molecule has 5 aromatic rings. The first kappa shape index (κ1) is 37.1. The number of nitrogens with zero attached hydrogens (tertiary/aromatic N) is 1. The Balaban J connectivity index is 1.14. The minimum absolute atomic E-state index is 0.245. The van der Waals surface area contributed by atoms with Crippen LogP contribution in [0.5, 0.6) is 23.0 Å². The molecular weight excluding hydrogens is 738 g/mol. The zero-order chi connectivity index (χ0) is 36.3. The third-order valence-electron chi connectivity index (χ3n) is 6.90. The summed E-state index contributed by atoms with van der Waals surface area (Å²) in [6.45, 7) is -0.490. The molecule has 0 radical (unpaired) electrons. The summed E-state index contributed by atoms with van der Waals surface area (Å²) in [4.78, 5) is 24.8. The third-order valence-corrected chi connectivity index (χ3v) is 7.78. The number of methoxy groups -OCH3 is 2. The van der Waals surface area contributed by atoms with Crippen LogP contribution < -0.4 is 29.6 Å². The van der Waals surface area contributed by atoms with Crippen molar-refractivity contribution in [1.82, 2.24) is 10.2 Å². The number of H-pyrrole nitrogens is 1. The van der Waals surface area contributed by atoms with E-state index in [1.807, 2.05) is 42.5 Å². The highest BCUT2D eigenvalue weighted by Crippen LogP contribution is 2.31. The summed E-state index contributed by atoms with van der Waals surface area (Å²) in [6, 6.07) is 22.1. The minimum Gasteiger partial charge on any atom is -0.493 e. The number of rotatable bonds is 14. The van der Waals surface area contributed by atoms with Crippen LogP contribution in [-0.4, -0.2) is 49.4 Å². The molecule has 0 aliphatic rings. The van der Waals surface area contributed by atoms with Gasteiger partial charge in [-0.3, -0.25) is 14.7 Å². The first-order valence-electron chi connectivity index (χ1n) is 15.1. The largest absolute Gasteiger partial charge is 0.493 e. The number of carbonyl (C=O) groups excluding carboxylic acids is 2. The van der Waals surface area contributed by atoms with Gasteiger partial charge in [-0.1, -0.05) is 70.7 Å². The van der Waals surface area contributed by atoms with E-state index in [1.165, 1.54) is 14.2 Å². The molecule has 3 N–H and O–H groups in total. The number of hydrogen-bond acceptors (Lipinski definition) is 7. The van der Waals surface area contributed by atoms with E-state index in [-0.39, 0.29) is 25.0 Å². The number of benzene rings is 4. The summed E-state index contributed by atoms with van der Waals surface area (Å²) in [5, 5.41) is 14.4. The van der Waals surface area contributed by atoms with E-state index in [1.54, 1.807) is 60.7 Å². The number of amides is 2. The second kappa shape index (κ2) is 17.7. The molecule has 1 aromatic heterocycles. The zero-order valence-corrected chi connectivity index (χ0v) is 30.2. The molecule has 5 rings (SSSR count). The number of anilines is 2. The Bertz CT molecular complexity index is 1910. The van der Waals surface area contributed by atoms with Gasteiger partial charge in [-0.25, -0.2) is 0 Å². The SMILES string of the molecule is COc1cc(/C=C/c2cc(/C=C/c3ccc(OCC(=O)Nc4cc(Cl)cc(Cl)c4)c(OC)c3)[nH]n2)ccc1OCC(=O)Nc1cc(Cl)cc(Cl)c1. The fraction of sp³-hybridized carbons (Fsp3) is 0.108. The molecule has 0 unspecified atom stereocenters. The van der Waals surface area contributed by atoms with E-state index in [2.05, 4.69) is 20.8 Å². The van der Waals surface area contributed by atoms with Crippen LogP contribution in [-0.2, 0) is 9.59 Å². The second-order valence-corrected chi connectivity index (χ2v) is 12.5. The van der Waals surface area contributed by atoms with Crippen LogP contribution in [0.1, 0.15) is 22.5 Å². The number of aromatic amines is 1. The van der Waals surface area contributed by atoms with Gasteiger partial charge in [0.05, 0.1) is 25.6 Å². The molecular formula is C37H30Cl4N4O6. The molecule has 0 fully saturated rings. The lowest BCUT2D eigenvalue weighted by Crippen LogP contribution is -2.20. The van der Waals surface area contributed by atoms with Gasteiger partial charge in [0.1, 0.15) is 0 Å². The van der Waals surface area contributed by atoms with Crippen LogP contribution >= 0.6 is 46.4 Å². The summed E-state index contributed by atoms with van der Waals surface area (Å²) in [7, 11) is 3.04. The molecule has 0 aliphatic heterocycles. The lowest BCUT2D eigenvalue weighted by Gasteiger charge is -2.12. The third kappa shape index (κ3) is 11.2. The molecule has 0 saturated carbocycles. The van der Waals surface area contributed by atoms with Gasteiger partial charge in [0, 0.05) is 31.5 Å². The molecule has 10 nitrogen and oxygen atoms in total. The Morgan fingerprint density at radius 3 is 1.51 bits per heavy atom. The van der Waals surface area contributed by atoms with E-state index >= 15 is 0 Å². The maximum atomic E-state index is 12.4. The fourth-order valence-corrected chi connectivity index (χ4v) is 5.69. The molecule has 0 saturated heterocycles. The van der Waals surface area contributed by atoms with Crippen molar-refractivity contribution in [1.29, 1.82) is 0 Å². The van der Waals surface area contributed by atoms with Crippen molar-refractivity contribution < 1.29 is 28.5 Å². The monoisotopic (exact) mass is 766 g/mol. The normalized spacial score (nSPS) is 11.1. The summed E-state index contributed by atoms with van der Waals surface area (Å²) < 4.78 is 22.3. The second-order valence-electron chi connectivity index (χ2n) is 10.7. The van der Waals surface area contributed by atoms with Crippen molar-refractivity contribution in [3.05, 3.63) is 121 Å². The van der Waals surface area contributed by atoms with Gasteiger partial charge < -0.3 is 29.6 Å². The van der Waals surface area contributed by atoms with Gasteiger partial charge in [0.25, 0.3) is 11.8 Å². The van der Waals surface area contributed by atoms with Crippen LogP contribution in [0.3, 0.4) is 0 Å². The molecule has 0 aliphatic carbocycles. The van der Waals surface area contributed by atoms with Crippen molar-refractivity contribution in [2.24, 2.45) is 0 Å². The predicted octanol–water partition coefficient (Wildman–Crippen LogP) is 9.42. The molecule has 14 heteroatoms. The standard InChI is InChI=1S/C37H30Cl4N4O6/c1-48-34-11-22(5-9-32(34)50-20-36(46)42-30-15-24(38)13-25(39)16-30)3-7-28-19-29(45-44-28)8-4-23-6-10-33(35(12-23)49-2)51-21-37(47)43-31-17-26(40)14-27(41)18-31/h3-19H,20-21H2,1-2H3,(H,42,46)(H,43,47)(H,44,45)/b7-3+,8-4+. The summed E-state index contributed by atoms with van der Waals surface area (Å²) in [6.07, 6.45) is 7.48. The molecule has 0 spiro atoms. The van der Waals surface area contributed by atoms with Gasteiger partial charge in [0.15, 0.2) is 36.2 Å². The van der Waals surface area contributed by atoms with Gasteiger partial charge in [-0.2, -0.15) is 5.10 Å². The van der Waals surface area contributed by atoms with E-state index in [0.29, 0.717) is 60.2 Å². The summed E-state index contributed by atoms with van der Waals surface area (Å²) in [5.41, 5.74) is 4.07. The number of hydrogen-bond donors (Lipinski definition) is 3. The van der Waals surface area contributed by atoms with Crippen molar-refractivity contribution in [2.45, 2.75) is 0 Å². The van der Waals surface area contributed by atoms with Crippen molar-refractivity contribution >= 4 is 93.9 Å². The molecule has 1 heterocycles. The van der Waals surface area contributed by atoms with Crippen molar-refractivity contribution in [3.63, 3.8) is 0 Å². The molecule has 262 valence electrons. The Hall–Kier alpha value is -5.13. The molecule has 0 atom stereocenters. The van der Waals surface area contributed by atoms with Gasteiger partial charge >= 0.3 is 0 Å². The van der Waals surface area contributed by atoms with Crippen molar-refractivity contribution in [2.75, 3.05) is 38.1 Å². The maximum Gasteiger partial charge on any atom is 0.262 e. The number of halogens is 4. The van der Waals surface area contributed by atoms with Crippen LogP contribution in [0.15, 0.2) is 78.9 Å². The first-order chi connectivity index (χ1) is 24.6. The molecule has 4 aromatic carbocycles. The summed E-state index contributed by atoms with van der Waals surface area (Å²) in [5.74, 6) is 0.965. The molecule has 51 heavy (non-hydrogen) atoms. The van der Waals surface area contributed by atoms with Crippen LogP contribution in [0, 0.1) is 0 Å². The van der Waals surface area contributed by atoms with E-state index in [9.17, 15) is 9.59 Å².